The largest absolute Gasteiger partial charge is 0.507 e. The molecule has 1 saturated heterocycles. The topological polar surface area (TPSA) is 66.8 Å². The van der Waals surface area contributed by atoms with E-state index in [1.807, 2.05) is 54.6 Å². The van der Waals surface area contributed by atoms with Crippen LogP contribution in [0.5, 0.6) is 5.75 Å². The first-order valence-corrected chi connectivity index (χ1v) is 11.8. The predicted octanol–water partition coefficient (Wildman–Crippen LogP) is 6.18. The Hall–Kier alpha value is -3.86. The van der Waals surface area contributed by atoms with Crippen molar-refractivity contribution in [3.8, 4) is 5.75 Å². The lowest BCUT2D eigenvalue weighted by Crippen LogP contribution is -2.29. The Balaban J connectivity index is 1.98. The quantitative estimate of drug-likeness (QED) is 0.275. The van der Waals surface area contributed by atoms with Gasteiger partial charge in [-0.05, 0) is 52.8 Å². The standard InChI is InChI=1S/C30H31NO4/c1-6-19-12-14-20(15-13-19)26-25(28(33)29(34)31(26)22-10-8-7-9-11-22)27(32)23-18-21(30(2,3)4)16-17-24(23)35-5/h7-18,26,32H,6H2,1-5H3/b27-25+. The highest BCUT2D eigenvalue weighted by atomic mass is 16.5. The molecule has 1 fully saturated rings. The van der Waals surface area contributed by atoms with Gasteiger partial charge in [0.1, 0.15) is 11.5 Å². The van der Waals surface area contributed by atoms with E-state index in [1.54, 1.807) is 18.2 Å². The fraction of sp³-hybridized carbons (Fsp3) is 0.267. The minimum Gasteiger partial charge on any atom is -0.507 e. The van der Waals surface area contributed by atoms with E-state index in [2.05, 4.69) is 27.7 Å². The maximum absolute atomic E-state index is 13.4. The van der Waals surface area contributed by atoms with E-state index in [4.69, 9.17) is 4.74 Å². The van der Waals surface area contributed by atoms with Gasteiger partial charge in [0.25, 0.3) is 11.7 Å². The molecule has 5 nitrogen and oxygen atoms in total. The van der Waals surface area contributed by atoms with Gasteiger partial charge in [0, 0.05) is 5.69 Å². The van der Waals surface area contributed by atoms with Crippen LogP contribution in [0.4, 0.5) is 5.69 Å². The summed E-state index contributed by atoms with van der Waals surface area (Å²) in [5.41, 5.74) is 3.71. The predicted molar refractivity (Wildman–Crippen MR) is 139 cm³/mol. The first-order valence-electron chi connectivity index (χ1n) is 11.8. The Bertz CT molecular complexity index is 1280. The van der Waals surface area contributed by atoms with Gasteiger partial charge in [-0.15, -0.1) is 0 Å². The maximum atomic E-state index is 13.4. The average Bonchev–Trinajstić information content (AvgIpc) is 3.13. The number of nitrogens with zero attached hydrogens (tertiary/aromatic N) is 1. The number of amides is 1. The Labute approximate surface area is 206 Å². The summed E-state index contributed by atoms with van der Waals surface area (Å²) in [4.78, 5) is 28.2. The van der Waals surface area contributed by atoms with Gasteiger partial charge in [0.05, 0.1) is 24.3 Å². The zero-order chi connectivity index (χ0) is 25.3. The van der Waals surface area contributed by atoms with Crippen LogP contribution in [0, 0.1) is 0 Å². The summed E-state index contributed by atoms with van der Waals surface area (Å²) in [5, 5.41) is 11.6. The summed E-state index contributed by atoms with van der Waals surface area (Å²) >= 11 is 0. The van der Waals surface area contributed by atoms with E-state index < -0.39 is 17.7 Å². The second-order valence-corrected chi connectivity index (χ2v) is 9.76. The van der Waals surface area contributed by atoms with Crippen LogP contribution in [-0.4, -0.2) is 23.9 Å². The summed E-state index contributed by atoms with van der Waals surface area (Å²) in [6.45, 7) is 8.28. The van der Waals surface area contributed by atoms with Crippen molar-refractivity contribution < 1.29 is 19.4 Å². The molecule has 35 heavy (non-hydrogen) atoms. The first-order chi connectivity index (χ1) is 16.7. The molecule has 1 atom stereocenters. The van der Waals surface area contributed by atoms with Gasteiger partial charge in [0.15, 0.2) is 0 Å². The molecule has 1 heterocycles. The first kappa shape index (κ1) is 24.3. The third kappa shape index (κ3) is 4.46. The number of para-hydroxylation sites is 1. The highest BCUT2D eigenvalue weighted by molar-refractivity contribution is 6.51. The van der Waals surface area contributed by atoms with Crippen LogP contribution in [0.1, 0.15) is 56.0 Å². The molecule has 180 valence electrons. The van der Waals surface area contributed by atoms with Gasteiger partial charge < -0.3 is 9.84 Å². The Kier molecular flexibility index (Phi) is 6.53. The number of hydrogen-bond donors (Lipinski definition) is 1. The fourth-order valence-electron chi connectivity index (χ4n) is 4.44. The number of rotatable bonds is 5. The molecule has 1 unspecified atom stereocenters. The molecule has 5 heteroatoms. The molecule has 0 radical (unpaired) electrons. The highest BCUT2D eigenvalue weighted by Gasteiger charge is 2.47. The molecular formula is C30H31NO4. The molecule has 1 aliphatic heterocycles. The molecular weight excluding hydrogens is 438 g/mol. The number of anilines is 1. The molecule has 0 bridgehead atoms. The van der Waals surface area contributed by atoms with Gasteiger partial charge in [-0.2, -0.15) is 0 Å². The van der Waals surface area contributed by atoms with Crippen molar-refractivity contribution in [3.63, 3.8) is 0 Å². The number of carbonyl (C=O) groups is 2. The maximum Gasteiger partial charge on any atom is 0.300 e. The van der Waals surface area contributed by atoms with Crippen molar-refractivity contribution in [3.05, 3.63) is 101 Å². The number of methoxy groups -OCH3 is 1. The van der Waals surface area contributed by atoms with E-state index >= 15 is 0 Å². The van der Waals surface area contributed by atoms with Gasteiger partial charge in [-0.25, -0.2) is 0 Å². The number of aliphatic hydroxyl groups excluding tert-OH is 1. The van der Waals surface area contributed by atoms with Crippen LogP contribution >= 0.6 is 0 Å². The van der Waals surface area contributed by atoms with Crippen molar-refractivity contribution in [2.24, 2.45) is 0 Å². The second kappa shape index (κ2) is 9.41. The second-order valence-electron chi connectivity index (χ2n) is 9.76. The van der Waals surface area contributed by atoms with Crippen molar-refractivity contribution in [1.82, 2.24) is 0 Å². The molecule has 0 aliphatic carbocycles. The Morgan fingerprint density at radius 1 is 0.971 bits per heavy atom. The average molecular weight is 470 g/mol. The number of carbonyl (C=O) groups excluding carboxylic acids is 2. The van der Waals surface area contributed by atoms with E-state index in [0.29, 0.717) is 17.0 Å². The summed E-state index contributed by atoms with van der Waals surface area (Å²) < 4.78 is 5.53. The lowest BCUT2D eigenvalue weighted by Gasteiger charge is -2.26. The van der Waals surface area contributed by atoms with Crippen LogP contribution < -0.4 is 9.64 Å². The summed E-state index contributed by atoms with van der Waals surface area (Å²) in [7, 11) is 1.52. The monoisotopic (exact) mass is 469 g/mol. The van der Waals surface area contributed by atoms with Crippen LogP contribution in [0.15, 0.2) is 78.4 Å². The van der Waals surface area contributed by atoms with Crippen LogP contribution in [-0.2, 0) is 21.4 Å². The zero-order valence-electron chi connectivity index (χ0n) is 20.8. The highest BCUT2D eigenvalue weighted by Crippen LogP contribution is 2.43. The van der Waals surface area contributed by atoms with E-state index in [0.717, 1.165) is 23.1 Å². The molecule has 4 rings (SSSR count). The molecule has 3 aromatic carbocycles. The molecule has 0 spiro atoms. The number of hydrogen-bond acceptors (Lipinski definition) is 4. The lowest BCUT2D eigenvalue weighted by atomic mass is 9.85. The van der Waals surface area contributed by atoms with E-state index in [-0.39, 0.29) is 16.7 Å². The summed E-state index contributed by atoms with van der Waals surface area (Å²) in [6, 6.07) is 21.7. The number of ether oxygens (including phenoxy) is 1. The molecule has 1 amide bonds. The molecule has 0 saturated carbocycles. The van der Waals surface area contributed by atoms with E-state index in [1.165, 1.54) is 12.0 Å². The van der Waals surface area contributed by atoms with Gasteiger partial charge in [-0.3, -0.25) is 14.5 Å². The summed E-state index contributed by atoms with van der Waals surface area (Å²) in [5.74, 6) is -1.21. The minimum atomic E-state index is -0.772. The number of benzene rings is 3. The van der Waals surface area contributed by atoms with Gasteiger partial charge in [-0.1, -0.05) is 76.2 Å². The van der Waals surface area contributed by atoms with Crippen molar-refractivity contribution >= 4 is 23.1 Å². The van der Waals surface area contributed by atoms with E-state index in [9.17, 15) is 14.7 Å². The SMILES string of the molecule is CCc1ccc(C2/C(=C(\O)c3cc(C(C)(C)C)ccc3OC)C(=O)C(=O)N2c2ccccc2)cc1. The molecule has 0 aromatic heterocycles. The van der Waals surface area contributed by atoms with Crippen LogP contribution in [0.2, 0.25) is 0 Å². The number of aliphatic hydroxyl groups is 1. The van der Waals surface area contributed by atoms with Crippen molar-refractivity contribution in [2.75, 3.05) is 12.0 Å². The van der Waals surface area contributed by atoms with Crippen molar-refractivity contribution in [1.29, 1.82) is 0 Å². The molecule has 1 N–H and O–H groups in total. The minimum absolute atomic E-state index is 0.0486. The third-order valence-corrected chi connectivity index (χ3v) is 6.50. The van der Waals surface area contributed by atoms with Crippen LogP contribution in [0.25, 0.3) is 5.76 Å². The number of Topliss-reactive ketones (excluding diaryl/α,β-unsaturated/α-hetero) is 1. The number of ketones is 1. The van der Waals surface area contributed by atoms with Crippen molar-refractivity contribution in [2.45, 2.75) is 45.6 Å². The Morgan fingerprint density at radius 3 is 2.20 bits per heavy atom. The lowest BCUT2D eigenvalue weighted by molar-refractivity contribution is -0.132. The molecule has 3 aromatic rings. The molecule has 1 aliphatic rings. The number of aryl methyl sites for hydroxylation is 1. The normalized spacial score (nSPS) is 17.6. The van der Waals surface area contributed by atoms with Gasteiger partial charge >= 0.3 is 0 Å². The smallest absolute Gasteiger partial charge is 0.300 e. The summed E-state index contributed by atoms with van der Waals surface area (Å²) in [6.07, 6.45) is 0.871. The Morgan fingerprint density at radius 2 is 1.63 bits per heavy atom. The van der Waals surface area contributed by atoms with Gasteiger partial charge in [0.2, 0.25) is 0 Å². The fourth-order valence-corrected chi connectivity index (χ4v) is 4.44. The third-order valence-electron chi connectivity index (χ3n) is 6.50. The zero-order valence-corrected chi connectivity index (χ0v) is 20.8. The van der Waals surface area contributed by atoms with Crippen LogP contribution in [0.3, 0.4) is 0 Å².